The van der Waals surface area contributed by atoms with Gasteiger partial charge in [0.2, 0.25) is 11.8 Å². The van der Waals surface area contributed by atoms with Crippen LogP contribution >= 0.6 is 0 Å². The van der Waals surface area contributed by atoms with Gasteiger partial charge in [-0.15, -0.1) is 0 Å². The Balaban J connectivity index is 1.84. The van der Waals surface area contributed by atoms with Crippen molar-refractivity contribution in [3.8, 4) is 0 Å². The first-order chi connectivity index (χ1) is 13.5. The molecule has 3 rings (SSSR count). The lowest BCUT2D eigenvalue weighted by molar-refractivity contribution is -0.119. The molecule has 0 spiro atoms. The maximum atomic E-state index is 13.1. The fourth-order valence-corrected chi connectivity index (χ4v) is 3.72. The zero-order chi connectivity index (χ0) is 19.9. The maximum absolute atomic E-state index is 13.1. The second kappa shape index (κ2) is 9.49. The quantitative estimate of drug-likeness (QED) is 0.855. The van der Waals surface area contributed by atoms with E-state index in [1.807, 2.05) is 49.4 Å². The van der Waals surface area contributed by atoms with Crippen LogP contribution in [0.1, 0.15) is 67.4 Å². The van der Waals surface area contributed by atoms with Gasteiger partial charge in [0.25, 0.3) is 0 Å². The van der Waals surface area contributed by atoms with E-state index in [-0.39, 0.29) is 24.3 Å². The number of aromatic nitrogens is 1. The number of amides is 1. The highest BCUT2D eigenvalue weighted by Crippen LogP contribution is 2.20. The van der Waals surface area contributed by atoms with E-state index >= 15 is 0 Å². The van der Waals surface area contributed by atoms with E-state index in [4.69, 9.17) is 4.99 Å². The van der Waals surface area contributed by atoms with Crippen molar-refractivity contribution < 1.29 is 9.59 Å². The summed E-state index contributed by atoms with van der Waals surface area (Å²) in [4.78, 5) is 29.6. The molecule has 148 valence electrons. The summed E-state index contributed by atoms with van der Waals surface area (Å²) in [5.74, 6) is -0.224. The van der Waals surface area contributed by atoms with Crippen LogP contribution in [0.5, 0.6) is 0 Å². The Kier molecular flexibility index (Phi) is 6.80. The molecule has 0 aliphatic heterocycles. The van der Waals surface area contributed by atoms with Gasteiger partial charge in [0.1, 0.15) is 5.49 Å². The Morgan fingerprint density at radius 1 is 1.11 bits per heavy atom. The molecule has 0 saturated heterocycles. The Morgan fingerprint density at radius 2 is 1.82 bits per heavy atom. The molecule has 1 aliphatic carbocycles. The highest BCUT2D eigenvalue weighted by Gasteiger charge is 2.19. The molecule has 0 radical (unpaired) electrons. The minimum atomic E-state index is -0.360. The second-order valence-corrected chi connectivity index (χ2v) is 7.61. The Hall–Kier alpha value is -2.69. The van der Waals surface area contributed by atoms with Gasteiger partial charge < -0.3 is 5.32 Å². The van der Waals surface area contributed by atoms with Crippen LogP contribution < -0.4 is 10.8 Å². The fourth-order valence-electron chi connectivity index (χ4n) is 3.72. The average molecular weight is 380 g/mol. The van der Waals surface area contributed by atoms with Crippen molar-refractivity contribution in [2.24, 2.45) is 4.99 Å². The summed E-state index contributed by atoms with van der Waals surface area (Å²) in [7, 11) is 0. The molecule has 1 aromatic heterocycles. The van der Waals surface area contributed by atoms with Crippen LogP contribution in [-0.4, -0.2) is 22.4 Å². The van der Waals surface area contributed by atoms with Crippen LogP contribution in [0.25, 0.3) is 0 Å². The molecule has 1 heterocycles. The van der Waals surface area contributed by atoms with Gasteiger partial charge >= 0.3 is 0 Å². The molecule has 1 aromatic carbocycles. The summed E-state index contributed by atoms with van der Waals surface area (Å²) < 4.78 is 1.62. The molecule has 2 aromatic rings. The number of hydrogen-bond donors (Lipinski definition) is 1. The monoisotopic (exact) mass is 379 g/mol. The van der Waals surface area contributed by atoms with Crippen molar-refractivity contribution in [3.63, 3.8) is 0 Å². The van der Waals surface area contributed by atoms with Crippen molar-refractivity contribution in [3.05, 3.63) is 65.3 Å². The van der Waals surface area contributed by atoms with Gasteiger partial charge in [-0.3, -0.25) is 19.1 Å². The number of aryl methyl sites for hydroxylation is 1. The number of rotatable bonds is 5. The van der Waals surface area contributed by atoms with Crippen LogP contribution in [0.4, 0.5) is 0 Å². The number of pyridine rings is 1. The molecule has 1 fully saturated rings. The number of nitrogens with zero attached hydrogens (tertiary/aromatic N) is 2. The van der Waals surface area contributed by atoms with E-state index in [2.05, 4.69) is 5.32 Å². The Bertz CT molecular complexity index is 877. The van der Waals surface area contributed by atoms with Gasteiger partial charge in [-0.2, -0.15) is 0 Å². The number of benzene rings is 1. The van der Waals surface area contributed by atoms with Gasteiger partial charge in [-0.05, 0) is 37.5 Å². The van der Waals surface area contributed by atoms with E-state index in [1.165, 1.54) is 26.2 Å². The maximum Gasteiger partial charge on any atom is 0.234 e. The third kappa shape index (κ3) is 5.41. The van der Waals surface area contributed by atoms with Crippen molar-refractivity contribution in [2.75, 3.05) is 0 Å². The summed E-state index contributed by atoms with van der Waals surface area (Å²) in [5, 5.41) is 2.91. The molecule has 1 N–H and O–H groups in total. The number of hydrogen-bond acceptors (Lipinski definition) is 3. The Morgan fingerprint density at radius 3 is 2.50 bits per heavy atom. The molecule has 5 heteroatoms. The lowest BCUT2D eigenvalue weighted by atomic mass is 9.96. The first-order valence-corrected chi connectivity index (χ1v) is 10.1. The lowest BCUT2D eigenvalue weighted by Crippen LogP contribution is -2.33. The van der Waals surface area contributed by atoms with Crippen LogP contribution in [0.3, 0.4) is 0 Å². The second-order valence-electron chi connectivity index (χ2n) is 7.61. The molecule has 1 unspecified atom stereocenters. The van der Waals surface area contributed by atoms with E-state index in [0.29, 0.717) is 11.5 Å². The third-order valence-corrected chi connectivity index (χ3v) is 5.23. The van der Waals surface area contributed by atoms with Crippen molar-refractivity contribution in [1.29, 1.82) is 0 Å². The number of nitrogens with one attached hydrogen (secondary N) is 1. The summed E-state index contributed by atoms with van der Waals surface area (Å²) in [5.41, 5.74) is 2.77. The van der Waals surface area contributed by atoms with E-state index in [9.17, 15) is 9.59 Å². The molecular weight excluding hydrogens is 350 g/mol. The molecule has 0 bridgehead atoms. The summed E-state index contributed by atoms with van der Waals surface area (Å²) in [6, 6.07) is 13.5. The van der Waals surface area contributed by atoms with E-state index < -0.39 is 0 Å². The molecule has 1 saturated carbocycles. The molecule has 5 nitrogen and oxygen atoms in total. The van der Waals surface area contributed by atoms with Gasteiger partial charge in [0, 0.05) is 13.1 Å². The number of carbonyl (C=O) groups excluding carboxylic acids is 2. The molecule has 1 aliphatic rings. The first-order valence-electron chi connectivity index (χ1n) is 10.1. The smallest absolute Gasteiger partial charge is 0.234 e. The van der Waals surface area contributed by atoms with Crippen molar-refractivity contribution in [2.45, 2.75) is 64.5 Å². The summed E-state index contributed by atoms with van der Waals surface area (Å²) in [6.07, 6.45) is 7.80. The zero-order valence-electron chi connectivity index (χ0n) is 16.7. The standard InChI is InChI=1S/C23H29N3O2/c1-17-11-13-19(14-12-17)21(24-18(2)27)16-23(28)26-15-7-6-10-22(26)25-20-8-4-3-5-9-20/h6-7,10-15,20-21H,3-5,8-9,16H2,1-2H3,(H,24,27). The van der Waals surface area contributed by atoms with Gasteiger partial charge in [0.15, 0.2) is 0 Å². The molecule has 1 amide bonds. The largest absolute Gasteiger partial charge is 0.349 e. The van der Waals surface area contributed by atoms with Gasteiger partial charge in [0.05, 0.1) is 18.5 Å². The average Bonchev–Trinajstić information content (AvgIpc) is 2.69. The summed E-state index contributed by atoms with van der Waals surface area (Å²) in [6.45, 7) is 3.49. The normalized spacial score (nSPS) is 16.6. The summed E-state index contributed by atoms with van der Waals surface area (Å²) >= 11 is 0. The van der Waals surface area contributed by atoms with Crippen LogP contribution in [-0.2, 0) is 4.79 Å². The highest BCUT2D eigenvalue weighted by atomic mass is 16.2. The van der Waals surface area contributed by atoms with Crippen molar-refractivity contribution in [1.82, 2.24) is 9.88 Å². The highest BCUT2D eigenvalue weighted by molar-refractivity contribution is 5.81. The first kappa shape index (κ1) is 20.1. The SMILES string of the molecule is CC(=O)NC(CC(=O)n1ccccc1=NC1CCCCC1)c1ccc(C)cc1. The zero-order valence-corrected chi connectivity index (χ0v) is 16.7. The van der Waals surface area contributed by atoms with Gasteiger partial charge in [-0.1, -0.05) is 55.2 Å². The fraction of sp³-hybridized carbons (Fsp3) is 0.435. The van der Waals surface area contributed by atoms with Crippen LogP contribution in [0.15, 0.2) is 53.7 Å². The van der Waals surface area contributed by atoms with E-state index in [0.717, 1.165) is 24.0 Å². The van der Waals surface area contributed by atoms with Crippen LogP contribution in [0.2, 0.25) is 0 Å². The topological polar surface area (TPSA) is 63.5 Å². The Labute approximate surface area is 166 Å². The molecular formula is C23H29N3O2. The van der Waals surface area contributed by atoms with Gasteiger partial charge in [-0.25, -0.2) is 0 Å². The minimum Gasteiger partial charge on any atom is -0.349 e. The van der Waals surface area contributed by atoms with E-state index in [1.54, 1.807) is 10.8 Å². The predicted molar refractivity (Wildman–Crippen MR) is 110 cm³/mol. The minimum absolute atomic E-state index is 0.0746. The lowest BCUT2D eigenvalue weighted by Gasteiger charge is -2.20. The molecule has 1 atom stereocenters. The predicted octanol–water partition coefficient (Wildman–Crippen LogP) is 3.94. The number of carbonyl (C=O) groups is 2. The van der Waals surface area contributed by atoms with Crippen molar-refractivity contribution >= 4 is 11.8 Å². The van der Waals surface area contributed by atoms with Crippen LogP contribution in [0, 0.1) is 6.92 Å². The third-order valence-electron chi connectivity index (χ3n) is 5.23. The molecule has 28 heavy (non-hydrogen) atoms.